The van der Waals surface area contributed by atoms with Gasteiger partial charge in [-0.1, -0.05) is 30.7 Å². The maximum absolute atomic E-state index is 4.55. The van der Waals surface area contributed by atoms with E-state index < -0.39 is 0 Å². The van der Waals surface area contributed by atoms with Crippen LogP contribution in [0.1, 0.15) is 38.2 Å². The topological polar surface area (TPSA) is 41.7 Å². The summed E-state index contributed by atoms with van der Waals surface area (Å²) in [6.07, 6.45) is 6.54. The van der Waals surface area contributed by atoms with Gasteiger partial charge in [-0.05, 0) is 43.5 Å². The highest BCUT2D eigenvalue weighted by Crippen LogP contribution is 2.29. The SMILES string of the molecule is CCn1c2ccccc2c2cc(/C=N/NC3=NCCCCC3)ccc21. The second kappa shape index (κ2) is 7.09. The molecule has 25 heavy (non-hydrogen) atoms. The molecule has 0 aliphatic carbocycles. The third kappa shape index (κ3) is 3.16. The predicted octanol–water partition coefficient (Wildman–Crippen LogP) is 4.71. The van der Waals surface area contributed by atoms with Crippen molar-refractivity contribution < 1.29 is 0 Å². The van der Waals surface area contributed by atoms with E-state index in [9.17, 15) is 0 Å². The summed E-state index contributed by atoms with van der Waals surface area (Å²) in [6.45, 7) is 4.08. The number of fused-ring (bicyclic) bond motifs is 3. The first-order valence-corrected chi connectivity index (χ1v) is 9.20. The summed E-state index contributed by atoms with van der Waals surface area (Å²) < 4.78 is 2.37. The van der Waals surface area contributed by atoms with Crippen LogP contribution in [-0.2, 0) is 6.54 Å². The molecule has 3 aromatic rings. The van der Waals surface area contributed by atoms with Crippen molar-refractivity contribution in [1.29, 1.82) is 0 Å². The third-order valence-corrected chi connectivity index (χ3v) is 4.89. The minimum Gasteiger partial charge on any atom is -0.341 e. The van der Waals surface area contributed by atoms with Crippen molar-refractivity contribution in [3.8, 4) is 0 Å². The summed E-state index contributed by atoms with van der Waals surface area (Å²) in [5.74, 6) is 1.01. The third-order valence-electron chi connectivity index (χ3n) is 4.89. The van der Waals surface area contributed by atoms with Crippen LogP contribution in [0, 0.1) is 0 Å². The van der Waals surface area contributed by atoms with Crippen LogP contribution in [0.15, 0.2) is 52.6 Å². The van der Waals surface area contributed by atoms with Gasteiger partial charge < -0.3 is 4.57 Å². The lowest BCUT2D eigenvalue weighted by atomic mass is 10.1. The van der Waals surface area contributed by atoms with E-state index in [1.807, 2.05) is 6.21 Å². The highest BCUT2D eigenvalue weighted by atomic mass is 15.3. The van der Waals surface area contributed by atoms with E-state index in [0.717, 1.165) is 30.9 Å². The van der Waals surface area contributed by atoms with Crippen molar-refractivity contribution >= 4 is 33.9 Å². The Morgan fingerprint density at radius 2 is 1.96 bits per heavy atom. The van der Waals surface area contributed by atoms with Gasteiger partial charge in [0.2, 0.25) is 0 Å². The number of hydrazone groups is 1. The number of aliphatic imine (C=N–C) groups is 1. The maximum atomic E-state index is 4.55. The maximum Gasteiger partial charge on any atom is 0.117 e. The van der Waals surface area contributed by atoms with E-state index in [1.165, 1.54) is 41.1 Å². The highest BCUT2D eigenvalue weighted by molar-refractivity contribution is 6.09. The van der Waals surface area contributed by atoms with E-state index in [0.29, 0.717) is 0 Å². The minimum absolute atomic E-state index is 0.917. The number of nitrogens with one attached hydrogen (secondary N) is 1. The predicted molar refractivity (Wildman–Crippen MR) is 107 cm³/mol. The van der Waals surface area contributed by atoms with Crippen LogP contribution in [-0.4, -0.2) is 23.2 Å². The zero-order valence-corrected chi connectivity index (χ0v) is 14.7. The lowest BCUT2D eigenvalue weighted by Crippen LogP contribution is -2.17. The van der Waals surface area contributed by atoms with E-state index in [-0.39, 0.29) is 0 Å². The van der Waals surface area contributed by atoms with E-state index in [2.05, 4.69) is 69.5 Å². The lowest BCUT2D eigenvalue weighted by Gasteiger charge is -2.03. The van der Waals surface area contributed by atoms with Gasteiger partial charge in [0.1, 0.15) is 5.84 Å². The Balaban J connectivity index is 1.64. The van der Waals surface area contributed by atoms with Crippen molar-refractivity contribution in [3.63, 3.8) is 0 Å². The molecule has 2 heterocycles. The molecule has 0 saturated carbocycles. The summed E-state index contributed by atoms with van der Waals surface area (Å²) in [5.41, 5.74) is 6.80. The summed E-state index contributed by atoms with van der Waals surface area (Å²) >= 11 is 0. The highest BCUT2D eigenvalue weighted by Gasteiger charge is 2.09. The van der Waals surface area contributed by atoms with Crippen LogP contribution in [0.5, 0.6) is 0 Å². The molecule has 0 spiro atoms. The van der Waals surface area contributed by atoms with Crippen LogP contribution >= 0.6 is 0 Å². The second-order valence-corrected chi connectivity index (χ2v) is 6.55. The largest absolute Gasteiger partial charge is 0.341 e. The minimum atomic E-state index is 0.917. The van der Waals surface area contributed by atoms with Crippen molar-refractivity contribution in [2.75, 3.05) is 6.54 Å². The zero-order valence-electron chi connectivity index (χ0n) is 14.7. The van der Waals surface area contributed by atoms with Crippen LogP contribution in [0.4, 0.5) is 0 Å². The summed E-state index contributed by atoms with van der Waals surface area (Å²) in [6, 6.07) is 15.2. The first-order chi connectivity index (χ1) is 12.4. The molecular weight excluding hydrogens is 308 g/mol. The fourth-order valence-corrected chi connectivity index (χ4v) is 3.64. The second-order valence-electron chi connectivity index (χ2n) is 6.55. The van der Waals surface area contributed by atoms with Gasteiger partial charge in [0, 0.05) is 41.3 Å². The molecule has 0 saturated heterocycles. The molecular formula is C21H24N4. The van der Waals surface area contributed by atoms with E-state index in [4.69, 9.17) is 0 Å². The number of hydrogen-bond donors (Lipinski definition) is 1. The Morgan fingerprint density at radius 1 is 1.08 bits per heavy atom. The van der Waals surface area contributed by atoms with Gasteiger partial charge in [-0.25, -0.2) is 0 Å². The number of aromatic nitrogens is 1. The van der Waals surface area contributed by atoms with Crippen molar-refractivity contribution in [3.05, 3.63) is 48.0 Å². The summed E-state index contributed by atoms with van der Waals surface area (Å²) in [4.78, 5) is 4.55. The van der Waals surface area contributed by atoms with Crippen LogP contribution in [0.2, 0.25) is 0 Å². The molecule has 1 aliphatic heterocycles. The lowest BCUT2D eigenvalue weighted by molar-refractivity contribution is 0.729. The number of aryl methyl sites for hydroxylation is 1. The van der Waals surface area contributed by atoms with Gasteiger partial charge in [0.15, 0.2) is 0 Å². The molecule has 0 radical (unpaired) electrons. The molecule has 4 nitrogen and oxygen atoms in total. The normalized spacial score (nSPS) is 15.6. The molecule has 0 unspecified atom stereocenters. The molecule has 0 bridgehead atoms. The van der Waals surface area contributed by atoms with Crippen molar-refractivity contribution in [2.45, 2.75) is 39.2 Å². The average Bonchev–Trinajstić information content (AvgIpc) is 2.78. The molecule has 1 aromatic heterocycles. The molecule has 0 amide bonds. The summed E-state index contributed by atoms with van der Waals surface area (Å²) in [7, 11) is 0. The number of nitrogens with zero attached hydrogens (tertiary/aromatic N) is 3. The fraction of sp³-hybridized carbons (Fsp3) is 0.333. The van der Waals surface area contributed by atoms with Gasteiger partial charge in [-0.15, -0.1) is 0 Å². The van der Waals surface area contributed by atoms with Crippen molar-refractivity contribution in [1.82, 2.24) is 9.99 Å². The Bertz CT molecular complexity index is 949. The van der Waals surface area contributed by atoms with Crippen LogP contribution in [0.25, 0.3) is 21.8 Å². The standard InChI is InChI=1S/C21H24N4/c1-2-25-19-9-6-5-8-17(19)18-14-16(11-12-20(18)25)15-23-24-21-10-4-3-7-13-22-21/h5-6,8-9,11-12,14-15H,2-4,7,10,13H2,1H3,(H,22,24)/b23-15+. The Kier molecular flexibility index (Phi) is 4.51. The van der Waals surface area contributed by atoms with Gasteiger partial charge in [0.05, 0.1) is 6.21 Å². The first kappa shape index (κ1) is 15.9. The van der Waals surface area contributed by atoms with Gasteiger partial charge >= 0.3 is 0 Å². The molecule has 2 aromatic carbocycles. The van der Waals surface area contributed by atoms with Crippen LogP contribution < -0.4 is 5.43 Å². The molecule has 4 heteroatoms. The van der Waals surface area contributed by atoms with E-state index >= 15 is 0 Å². The molecule has 128 valence electrons. The number of para-hydroxylation sites is 1. The Hall–Kier alpha value is -2.62. The molecule has 1 aliphatic rings. The first-order valence-electron chi connectivity index (χ1n) is 9.20. The van der Waals surface area contributed by atoms with Gasteiger partial charge in [0.25, 0.3) is 0 Å². The average molecular weight is 332 g/mol. The van der Waals surface area contributed by atoms with E-state index in [1.54, 1.807) is 0 Å². The fourth-order valence-electron chi connectivity index (χ4n) is 3.64. The zero-order chi connectivity index (χ0) is 17.1. The van der Waals surface area contributed by atoms with Crippen molar-refractivity contribution in [2.24, 2.45) is 10.1 Å². The number of benzene rings is 2. The number of rotatable bonds is 3. The molecule has 0 fully saturated rings. The molecule has 4 rings (SSSR count). The summed E-state index contributed by atoms with van der Waals surface area (Å²) in [5, 5.41) is 7.00. The van der Waals surface area contributed by atoms with Gasteiger partial charge in [-0.2, -0.15) is 5.10 Å². The molecule has 0 atom stereocenters. The van der Waals surface area contributed by atoms with Gasteiger partial charge in [-0.3, -0.25) is 10.4 Å². The smallest absolute Gasteiger partial charge is 0.117 e. The quantitative estimate of drug-likeness (QED) is 0.548. The number of amidine groups is 1. The molecule has 1 N–H and O–H groups in total. The Labute approximate surface area is 148 Å². The monoisotopic (exact) mass is 332 g/mol. The van der Waals surface area contributed by atoms with Crippen LogP contribution in [0.3, 0.4) is 0 Å². The Morgan fingerprint density at radius 3 is 2.88 bits per heavy atom. The number of hydrogen-bond acceptors (Lipinski definition) is 3.